The fraction of sp³-hybridized carbons (Fsp3) is 0.182. The van der Waals surface area contributed by atoms with Gasteiger partial charge in [-0.25, -0.2) is 4.39 Å². The molecule has 30 heavy (non-hydrogen) atoms. The molecule has 0 bridgehead atoms. The molecule has 8 heteroatoms. The van der Waals surface area contributed by atoms with E-state index in [4.69, 9.17) is 0 Å². The Bertz CT molecular complexity index is 1060. The first-order valence-corrected chi connectivity index (χ1v) is 9.31. The fourth-order valence-corrected chi connectivity index (χ4v) is 2.90. The van der Waals surface area contributed by atoms with Crippen LogP contribution in [0.25, 0.3) is 5.57 Å². The van der Waals surface area contributed by atoms with Crippen molar-refractivity contribution in [3.05, 3.63) is 78.9 Å². The molecule has 0 saturated heterocycles. The number of carbonyl (C=O) groups is 1. The fourth-order valence-electron chi connectivity index (χ4n) is 2.90. The third-order valence-corrected chi connectivity index (χ3v) is 4.28. The number of hydrogen-bond acceptors (Lipinski definition) is 6. The Balaban J connectivity index is 2.19. The smallest absolute Gasteiger partial charge is 0.255 e. The summed E-state index contributed by atoms with van der Waals surface area (Å²) in [6, 6.07) is 6.56. The van der Waals surface area contributed by atoms with Crippen molar-refractivity contribution >= 4 is 28.5 Å². The molecule has 0 spiro atoms. The Hall–Kier alpha value is -3.65. The third-order valence-electron chi connectivity index (χ3n) is 4.28. The molecule has 7 nitrogen and oxygen atoms in total. The van der Waals surface area contributed by atoms with Gasteiger partial charge in [0.2, 0.25) is 0 Å². The normalized spacial score (nSPS) is 11.6. The maximum atomic E-state index is 15.4. The van der Waals surface area contributed by atoms with Crippen LogP contribution in [0.15, 0.2) is 61.8 Å². The van der Waals surface area contributed by atoms with E-state index >= 15 is 4.39 Å². The van der Waals surface area contributed by atoms with Crippen LogP contribution in [0.3, 0.4) is 0 Å². The monoisotopic (exact) mass is 407 g/mol. The largest absolute Gasteiger partial charge is 0.392 e. The minimum atomic E-state index is -0.707. The lowest BCUT2D eigenvalue weighted by Crippen LogP contribution is -2.31. The number of allylic oxidation sites excluding steroid dienone is 1. The zero-order valence-electron chi connectivity index (χ0n) is 16.7. The highest BCUT2D eigenvalue weighted by atomic mass is 19.1. The van der Waals surface area contributed by atoms with Crippen LogP contribution in [-0.2, 0) is 0 Å². The summed E-state index contributed by atoms with van der Waals surface area (Å²) < 4.78 is 15.4. The molecule has 0 fully saturated rings. The first-order chi connectivity index (χ1) is 14.4. The quantitative estimate of drug-likeness (QED) is 0.622. The molecular weight excluding hydrogens is 385 g/mol. The highest BCUT2D eigenvalue weighted by Crippen LogP contribution is 2.38. The lowest BCUT2D eigenvalue weighted by Gasteiger charge is -2.27. The number of pyridine rings is 3. The lowest BCUT2D eigenvalue weighted by molar-refractivity contribution is 0.0924. The minimum Gasteiger partial charge on any atom is -0.392 e. The maximum absolute atomic E-state index is 15.4. The van der Waals surface area contributed by atoms with E-state index in [1.54, 1.807) is 49.3 Å². The molecule has 1 amide bonds. The molecule has 3 heterocycles. The summed E-state index contributed by atoms with van der Waals surface area (Å²) in [6.45, 7) is 7.11. The number of nitrogens with zero attached hydrogens (tertiary/aromatic N) is 4. The average Bonchev–Trinajstić information content (AvgIpc) is 2.74. The Morgan fingerprint density at radius 3 is 2.50 bits per heavy atom. The third kappa shape index (κ3) is 4.49. The number of aromatic nitrogens is 3. The van der Waals surface area contributed by atoms with Crippen molar-refractivity contribution in [3.8, 4) is 0 Å². The second-order valence-electron chi connectivity index (χ2n) is 6.77. The van der Waals surface area contributed by atoms with Gasteiger partial charge < -0.3 is 15.3 Å². The summed E-state index contributed by atoms with van der Waals surface area (Å²) in [6.07, 6.45) is 6.87. The summed E-state index contributed by atoms with van der Waals surface area (Å²) in [5.74, 6) is -0.999. The van der Waals surface area contributed by atoms with Crippen LogP contribution >= 0.6 is 0 Å². The van der Waals surface area contributed by atoms with Gasteiger partial charge in [-0.05, 0) is 43.7 Å². The summed E-state index contributed by atoms with van der Waals surface area (Å²) >= 11 is 0. The Labute approximate surface area is 174 Å². The predicted octanol–water partition coefficient (Wildman–Crippen LogP) is 3.62. The summed E-state index contributed by atoms with van der Waals surface area (Å²) in [5.41, 5.74) is 2.05. The van der Waals surface area contributed by atoms with Gasteiger partial charge in [0, 0.05) is 43.2 Å². The molecule has 3 aromatic rings. The van der Waals surface area contributed by atoms with Crippen molar-refractivity contribution in [3.63, 3.8) is 0 Å². The van der Waals surface area contributed by atoms with Crippen LogP contribution in [0.4, 0.5) is 21.5 Å². The summed E-state index contributed by atoms with van der Waals surface area (Å²) in [5, 5.41) is 12.1. The van der Waals surface area contributed by atoms with E-state index in [0.717, 1.165) is 0 Å². The zero-order chi connectivity index (χ0) is 21.7. The van der Waals surface area contributed by atoms with E-state index < -0.39 is 17.8 Å². The van der Waals surface area contributed by atoms with Crippen LogP contribution in [0, 0.1) is 5.82 Å². The van der Waals surface area contributed by atoms with Crippen molar-refractivity contribution < 1.29 is 14.3 Å². The molecule has 0 aliphatic heterocycles. The lowest BCUT2D eigenvalue weighted by atomic mass is 10.1. The first kappa shape index (κ1) is 21.1. The van der Waals surface area contributed by atoms with Gasteiger partial charge in [-0.2, -0.15) is 0 Å². The van der Waals surface area contributed by atoms with Crippen molar-refractivity contribution in [2.75, 3.05) is 11.4 Å². The van der Waals surface area contributed by atoms with Crippen LogP contribution in [0.5, 0.6) is 0 Å². The van der Waals surface area contributed by atoms with E-state index in [9.17, 15) is 9.90 Å². The molecule has 1 atom stereocenters. The number of nitrogens with one attached hydrogen (secondary N) is 1. The SMILES string of the molecule is C=C(C)c1nccc(N(c2ccncc2)c2ccncc2C(=O)NCC(C)O)c1F. The van der Waals surface area contributed by atoms with Crippen molar-refractivity contribution in [1.82, 2.24) is 20.3 Å². The summed E-state index contributed by atoms with van der Waals surface area (Å²) in [4.78, 5) is 26.5. The molecule has 154 valence electrons. The highest BCUT2D eigenvalue weighted by Gasteiger charge is 2.24. The number of anilines is 3. The van der Waals surface area contributed by atoms with Gasteiger partial charge in [0.05, 0.1) is 23.0 Å². The average molecular weight is 407 g/mol. The van der Waals surface area contributed by atoms with Gasteiger partial charge in [0.25, 0.3) is 5.91 Å². The topological polar surface area (TPSA) is 91.2 Å². The van der Waals surface area contributed by atoms with Crippen LogP contribution in [0.2, 0.25) is 0 Å². The Morgan fingerprint density at radius 2 is 1.83 bits per heavy atom. The van der Waals surface area contributed by atoms with E-state index in [1.807, 2.05) is 0 Å². The number of rotatable bonds is 7. The number of halogens is 1. The molecule has 1 unspecified atom stereocenters. The molecule has 0 aliphatic rings. The summed E-state index contributed by atoms with van der Waals surface area (Å²) in [7, 11) is 0. The van der Waals surface area contributed by atoms with Crippen LogP contribution < -0.4 is 10.2 Å². The second kappa shape index (κ2) is 9.23. The van der Waals surface area contributed by atoms with Crippen molar-refractivity contribution in [1.29, 1.82) is 0 Å². The van der Waals surface area contributed by atoms with Gasteiger partial charge >= 0.3 is 0 Å². The molecule has 3 aromatic heterocycles. The van der Waals surface area contributed by atoms with Gasteiger partial charge in [-0.1, -0.05) is 6.58 Å². The minimum absolute atomic E-state index is 0.0752. The second-order valence-corrected chi connectivity index (χ2v) is 6.77. The molecule has 3 rings (SSSR count). The van der Waals surface area contributed by atoms with E-state index in [0.29, 0.717) is 16.9 Å². The van der Waals surface area contributed by atoms with Crippen LogP contribution in [0.1, 0.15) is 29.9 Å². The molecular formula is C22H22FN5O2. The van der Waals surface area contributed by atoms with E-state index in [2.05, 4.69) is 26.8 Å². The van der Waals surface area contributed by atoms with E-state index in [1.165, 1.54) is 24.7 Å². The van der Waals surface area contributed by atoms with Gasteiger partial charge in [0.1, 0.15) is 5.69 Å². The molecule has 0 aliphatic carbocycles. The number of aliphatic hydroxyl groups is 1. The Morgan fingerprint density at radius 1 is 1.17 bits per heavy atom. The van der Waals surface area contributed by atoms with Crippen LogP contribution in [-0.4, -0.2) is 38.6 Å². The first-order valence-electron chi connectivity index (χ1n) is 9.31. The molecule has 0 radical (unpaired) electrons. The predicted molar refractivity (Wildman–Crippen MR) is 113 cm³/mol. The molecule has 2 N–H and O–H groups in total. The number of aliphatic hydroxyl groups excluding tert-OH is 1. The molecule has 0 saturated carbocycles. The highest BCUT2D eigenvalue weighted by molar-refractivity contribution is 6.01. The van der Waals surface area contributed by atoms with Gasteiger partial charge in [0.15, 0.2) is 5.82 Å². The van der Waals surface area contributed by atoms with Gasteiger partial charge in [-0.15, -0.1) is 0 Å². The standard InChI is InChI=1S/C22H22FN5O2/c1-14(2)21-20(23)19(7-11-26-21)28(16-4-8-24-9-5-16)18-6-10-25-13-17(18)22(30)27-12-15(3)29/h4-11,13,15,29H,1,12H2,2-3H3,(H,27,30). The van der Waals surface area contributed by atoms with E-state index in [-0.39, 0.29) is 23.5 Å². The van der Waals surface area contributed by atoms with Crippen molar-refractivity contribution in [2.45, 2.75) is 20.0 Å². The number of carbonyl (C=O) groups excluding carboxylic acids is 1. The zero-order valence-corrected chi connectivity index (χ0v) is 16.7. The number of amides is 1. The van der Waals surface area contributed by atoms with Gasteiger partial charge in [-0.3, -0.25) is 19.7 Å². The Kier molecular flexibility index (Phi) is 6.48. The van der Waals surface area contributed by atoms with Crippen molar-refractivity contribution in [2.24, 2.45) is 0 Å². The molecule has 0 aromatic carbocycles. The number of hydrogen-bond donors (Lipinski definition) is 2. The maximum Gasteiger partial charge on any atom is 0.255 e.